The molecule has 0 N–H and O–H groups in total. The molecule has 1 amide bonds. The van der Waals surface area contributed by atoms with Crippen LogP contribution in [0.1, 0.15) is 35.2 Å². The van der Waals surface area contributed by atoms with E-state index in [9.17, 15) is 13.2 Å². The number of carbonyl (C=O) groups excluding carboxylic acids is 1. The number of hydrogen-bond acceptors (Lipinski definition) is 6. The quantitative estimate of drug-likeness (QED) is 0.565. The SMILES string of the molecule is CS(=O)(=O)N1CCCc2cc(C(=O)N(CC3CCCO3)c3nc4ccccc4s3)ccc21. The van der Waals surface area contributed by atoms with Crippen molar-refractivity contribution in [2.24, 2.45) is 0 Å². The Kier molecular flexibility index (Phi) is 5.65. The molecule has 0 spiro atoms. The number of anilines is 2. The molecule has 2 aromatic carbocycles. The topological polar surface area (TPSA) is 79.8 Å². The molecule has 1 saturated heterocycles. The molecule has 2 aliphatic heterocycles. The fourth-order valence-corrected chi connectivity index (χ4v) is 6.38. The Morgan fingerprint density at radius 1 is 1.25 bits per heavy atom. The Bertz CT molecular complexity index is 1230. The first-order chi connectivity index (χ1) is 15.4. The Morgan fingerprint density at radius 2 is 2.09 bits per heavy atom. The number of amides is 1. The fourth-order valence-electron chi connectivity index (χ4n) is 4.41. The van der Waals surface area contributed by atoms with Crippen LogP contribution in [0.2, 0.25) is 0 Å². The van der Waals surface area contributed by atoms with Gasteiger partial charge in [0.05, 0.1) is 34.8 Å². The maximum absolute atomic E-state index is 13.7. The lowest BCUT2D eigenvalue weighted by Crippen LogP contribution is -2.38. The molecule has 0 saturated carbocycles. The van der Waals surface area contributed by atoms with Gasteiger partial charge in [-0.1, -0.05) is 23.5 Å². The number of benzene rings is 2. The summed E-state index contributed by atoms with van der Waals surface area (Å²) in [6.45, 7) is 1.63. The van der Waals surface area contributed by atoms with E-state index in [0.29, 0.717) is 36.1 Å². The molecule has 0 aliphatic carbocycles. The summed E-state index contributed by atoms with van der Waals surface area (Å²) in [7, 11) is -3.35. The second-order valence-corrected chi connectivity index (χ2v) is 11.2. The van der Waals surface area contributed by atoms with Gasteiger partial charge in [0.1, 0.15) is 0 Å². The summed E-state index contributed by atoms with van der Waals surface area (Å²) in [6.07, 6.45) is 4.60. The summed E-state index contributed by atoms with van der Waals surface area (Å²) in [6, 6.07) is 13.2. The van der Waals surface area contributed by atoms with E-state index in [2.05, 4.69) is 0 Å². The number of rotatable bonds is 5. The van der Waals surface area contributed by atoms with Crippen LogP contribution < -0.4 is 9.21 Å². The van der Waals surface area contributed by atoms with Crippen LogP contribution in [0.25, 0.3) is 10.2 Å². The minimum Gasteiger partial charge on any atom is -0.376 e. The van der Waals surface area contributed by atoms with Crippen molar-refractivity contribution < 1.29 is 17.9 Å². The van der Waals surface area contributed by atoms with Gasteiger partial charge in [-0.2, -0.15) is 0 Å². The van der Waals surface area contributed by atoms with Gasteiger partial charge in [-0.15, -0.1) is 0 Å². The van der Waals surface area contributed by atoms with E-state index < -0.39 is 10.0 Å². The molecule has 3 heterocycles. The van der Waals surface area contributed by atoms with Crippen LogP contribution in [-0.4, -0.2) is 51.4 Å². The van der Waals surface area contributed by atoms with E-state index in [1.807, 2.05) is 30.3 Å². The second-order valence-electron chi connectivity index (χ2n) is 8.30. The van der Waals surface area contributed by atoms with Crippen LogP contribution in [0.4, 0.5) is 10.8 Å². The van der Waals surface area contributed by atoms with E-state index in [-0.39, 0.29) is 12.0 Å². The molecular weight excluding hydrogens is 446 g/mol. The lowest BCUT2D eigenvalue weighted by molar-refractivity contribution is 0.0917. The molecule has 0 bridgehead atoms. The van der Waals surface area contributed by atoms with Gasteiger partial charge in [-0.25, -0.2) is 13.4 Å². The van der Waals surface area contributed by atoms with Gasteiger partial charge in [0.25, 0.3) is 5.91 Å². The minimum atomic E-state index is -3.35. The number of carbonyl (C=O) groups is 1. The molecule has 1 unspecified atom stereocenters. The number of ether oxygens (including phenoxy) is 1. The molecule has 1 atom stereocenters. The van der Waals surface area contributed by atoms with Crippen molar-refractivity contribution in [2.45, 2.75) is 31.8 Å². The first-order valence-corrected chi connectivity index (χ1v) is 13.5. The normalized spacial score (nSPS) is 18.7. The van der Waals surface area contributed by atoms with Gasteiger partial charge in [-0.3, -0.25) is 14.0 Å². The molecule has 2 aliphatic rings. The average Bonchev–Trinajstić information content (AvgIpc) is 3.45. The van der Waals surface area contributed by atoms with Crippen molar-refractivity contribution in [3.05, 3.63) is 53.6 Å². The van der Waals surface area contributed by atoms with Crippen molar-refractivity contribution in [2.75, 3.05) is 35.2 Å². The monoisotopic (exact) mass is 471 g/mol. The van der Waals surface area contributed by atoms with Crippen LogP contribution in [-0.2, 0) is 21.2 Å². The third-order valence-corrected chi connectivity index (χ3v) is 8.21. The van der Waals surface area contributed by atoms with E-state index in [4.69, 9.17) is 9.72 Å². The number of aromatic nitrogens is 1. The zero-order valence-corrected chi connectivity index (χ0v) is 19.5. The lowest BCUT2D eigenvalue weighted by atomic mass is 10.00. The molecular formula is C23H25N3O4S2. The average molecular weight is 472 g/mol. The van der Waals surface area contributed by atoms with E-state index in [0.717, 1.165) is 41.5 Å². The molecule has 1 fully saturated rings. The summed E-state index contributed by atoms with van der Waals surface area (Å²) in [5, 5.41) is 0.655. The highest BCUT2D eigenvalue weighted by atomic mass is 32.2. The molecule has 9 heteroatoms. The highest BCUT2D eigenvalue weighted by molar-refractivity contribution is 7.92. The van der Waals surface area contributed by atoms with Crippen molar-refractivity contribution in [1.29, 1.82) is 0 Å². The summed E-state index contributed by atoms with van der Waals surface area (Å²) in [5.74, 6) is -0.140. The number of fused-ring (bicyclic) bond motifs is 2. The maximum Gasteiger partial charge on any atom is 0.260 e. The summed E-state index contributed by atoms with van der Waals surface area (Å²) in [5.41, 5.74) is 2.96. The standard InChI is InChI=1S/C23H25N3O4S2/c1-32(28,29)26-12-4-6-16-14-17(10-11-20(16)26)22(27)25(15-18-7-5-13-30-18)23-24-19-8-2-3-9-21(19)31-23/h2-3,8-11,14,18H,4-7,12-13,15H2,1H3. The lowest BCUT2D eigenvalue weighted by Gasteiger charge is -2.30. The van der Waals surface area contributed by atoms with Crippen molar-refractivity contribution >= 4 is 48.3 Å². The van der Waals surface area contributed by atoms with Crippen LogP contribution in [0.3, 0.4) is 0 Å². The van der Waals surface area contributed by atoms with E-state index >= 15 is 0 Å². The smallest absolute Gasteiger partial charge is 0.260 e. The summed E-state index contributed by atoms with van der Waals surface area (Å²) >= 11 is 1.50. The van der Waals surface area contributed by atoms with E-state index in [1.54, 1.807) is 17.0 Å². The van der Waals surface area contributed by atoms with Crippen molar-refractivity contribution in [1.82, 2.24) is 4.98 Å². The second kappa shape index (κ2) is 8.46. The molecule has 5 rings (SSSR count). The number of hydrogen-bond donors (Lipinski definition) is 0. The van der Waals surface area contributed by atoms with Gasteiger partial charge < -0.3 is 4.74 Å². The molecule has 168 valence electrons. The van der Waals surface area contributed by atoms with Crippen molar-refractivity contribution in [3.8, 4) is 0 Å². The Hall–Kier alpha value is -2.49. The zero-order chi connectivity index (χ0) is 22.3. The zero-order valence-electron chi connectivity index (χ0n) is 17.9. The van der Waals surface area contributed by atoms with Gasteiger partial charge in [-0.05, 0) is 61.6 Å². The number of sulfonamides is 1. The van der Waals surface area contributed by atoms with Gasteiger partial charge in [0, 0.05) is 18.7 Å². The van der Waals surface area contributed by atoms with Crippen LogP contribution in [0.15, 0.2) is 42.5 Å². The highest BCUT2D eigenvalue weighted by Crippen LogP contribution is 2.33. The number of nitrogens with zero attached hydrogens (tertiary/aromatic N) is 3. The van der Waals surface area contributed by atoms with Gasteiger partial charge >= 0.3 is 0 Å². The molecule has 3 aromatic rings. The predicted molar refractivity (Wildman–Crippen MR) is 127 cm³/mol. The van der Waals surface area contributed by atoms with Crippen molar-refractivity contribution in [3.63, 3.8) is 0 Å². The molecule has 1 aromatic heterocycles. The molecule has 32 heavy (non-hydrogen) atoms. The highest BCUT2D eigenvalue weighted by Gasteiger charge is 2.29. The number of thiazole rings is 1. The predicted octanol–water partition coefficient (Wildman–Crippen LogP) is 3.83. The van der Waals surface area contributed by atoms with E-state index in [1.165, 1.54) is 21.9 Å². The van der Waals surface area contributed by atoms with Crippen LogP contribution in [0, 0.1) is 0 Å². The largest absolute Gasteiger partial charge is 0.376 e. The Balaban J connectivity index is 1.51. The Labute approximate surface area is 191 Å². The number of para-hydroxylation sites is 1. The Morgan fingerprint density at radius 3 is 2.84 bits per heavy atom. The molecule has 7 nitrogen and oxygen atoms in total. The first-order valence-electron chi connectivity index (χ1n) is 10.8. The van der Waals surface area contributed by atoms with Gasteiger partial charge in [0.2, 0.25) is 10.0 Å². The summed E-state index contributed by atoms with van der Waals surface area (Å²) < 4.78 is 32.6. The number of aryl methyl sites for hydroxylation is 1. The first kappa shape index (κ1) is 21.4. The molecule has 0 radical (unpaired) electrons. The minimum absolute atomic E-state index is 0.00989. The third-order valence-electron chi connectivity index (χ3n) is 5.97. The summed E-state index contributed by atoms with van der Waals surface area (Å²) in [4.78, 5) is 20.1. The van der Waals surface area contributed by atoms with Crippen LogP contribution >= 0.6 is 11.3 Å². The maximum atomic E-state index is 13.7. The third kappa shape index (κ3) is 4.12. The van der Waals surface area contributed by atoms with Gasteiger partial charge in [0.15, 0.2) is 5.13 Å². The fraction of sp³-hybridized carbons (Fsp3) is 0.391. The van der Waals surface area contributed by atoms with Crippen LogP contribution in [0.5, 0.6) is 0 Å².